The van der Waals surface area contributed by atoms with Crippen molar-refractivity contribution in [1.29, 1.82) is 0 Å². The van der Waals surface area contributed by atoms with Crippen molar-refractivity contribution in [3.8, 4) is 5.75 Å². The lowest BCUT2D eigenvalue weighted by Crippen LogP contribution is -2.62. The van der Waals surface area contributed by atoms with E-state index in [2.05, 4.69) is 94.7 Å². The molecule has 3 aromatic carbocycles. The summed E-state index contributed by atoms with van der Waals surface area (Å²) in [6.45, 7) is 9.01. The summed E-state index contributed by atoms with van der Waals surface area (Å²) in [5.74, 6) is -22.2. The predicted octanol–water partition coefficient (Wildman–Crippen LogP) is -1.79. The number of fused-ring (bicyclic) bond motifs is 1. The van der Waals surface area contributed by atoms with E-state index in [0.29, 0.717) is 44.8 Å². The molecule has 2 fully saturated rings. The number of benzene rings is 3. The van der Waals surface area contributed by atoms with Gasteiger partial charge in [0.25, 0.3) is 0 Å². The number of carboxylic acids is 2. The number of phenolic OH excluding ortho intramolecular Hbond substituents is 1. The first-order valence-electron chi connectivity index (χ1n) is 43.4. The zero-order valence-electron chi connectivity index (χ0n) is 74.0. The first-order chi connectivity index (χ1) is 62.2. The SMILES string of the molecule is CC(=O)N[C@@H](CC(=O)O)C(=O)N[C@H]1CSSC[C@@H](C(=O)N[C@H](C(=O)N[C@@H](Cc2ccccc2)C(=O)NC(CC2CCCCC2)C(N)=O)[C@@H](C)O)NC(=O)[C@H](Cc2c[nH]c3ccccc23)NC(=O)[C@H](C(C)C)NC(=O)[C@H](CC(C)C)NC(=O)[C@H](CCC(=O)O)NC(=O)CNC(=O)[C@H](CCCCN)NC(=O)[C@H](Cc2cnc[nH]2)NC(=O)[C@H](Cc2ccc(O)cc2)NC(=O)[C@H](C)NC1=O. The molecule has 1 unspecified atom stereocenters. The van der Waals surface area contributed by atoms with Gasteiger partial charge in [-0.15, -0.1) is 0 Å². The molecule has 0 radical (unpaired) electrons. The zero-order chi connectivity index (χ0) is 96.1. The zero-order valence-corrected chi connectivity index (χ0v) is 75.7. The van der Waals surface area contributed by atoms with Crippen molar-refractivity contribution < 1.29 is 107 Å². The second kappa shape index (κ2) is 52.8. The molecule has 15 atom stereocenters. The molecule has 1 saturated heterocycles. The normalized spacial score (nSPS) is 22.2. The summed E-state index contributed by atoms with van der Waals surface area (Å²) in [5.41, 5.74) is 13.8. The van der Waals surface area contributed by atoms with Crippen LogP contribution in [0.2, 0.25) is 0 Å². The molecule has 16 amide bonds. The molecule has 7 rings (SSSR count). The molecule has 1 aliphatic carbocycles. The van der Waals surface area contributed by atoms with E-state index in [1.54, 1.807) is 88.5 Å². The first-order valence-corrected chi connectivity index (χ1v) is 45.9. The number of nitrogens with zero attached hydrogens (tertiary/aromatic N) is 1. The van der Waals surface area contributed by atoms with Gasteiger partial charge in [0.05, 0.1) is 25.4 Å². The third-order valence-electron chi connectivity index (χ3n) is 21.8. The topological polar surface area (TPSA) is 665 Å². The van der Waals surface area contributed by atoms with Crippen LogP contribution in [0.4, 0.5) is 0 Å². The Labute approximate surface area is 764 Å². The summed E-state index contributed by atoms with van der Waals surface area (Å²) in [6.07, 6.45) is 3.56. The van der Waals surface area contributed by atoms with Gasteiger partial charge in [0, 0.05) is 79.5 Å². The number of carbonyl (C=O) groups excluding carboxylic acids is 16. The summed E-state index contributed by atoms with van der Waals surface area (Å²) in [4.78, 5) is 267. The largest absolute Gasteiger partial charge is 0.508 e. The lowest BCUT2D eigenvalue weighted by molar-refractivity contribution is -0.141. The Morgan fingerprint density at radius 1 is 0.557 bits per heavy atom. The van der Waals surface area contributed by atoms with Crippen LogP contribution in [-0.4, -0.2) is 257 Å². The van der Waals surface area contributed by atoms with E-state index < -0.39 is 246 Å². The van der Waals surface area contributed by atoms with Crippen LogP contribution in [-0.2, 0) is 112 Å². The number of phenols is 1. The summed E-state index contributed by atoms with van der Waals surface area (Å²) in [5, 5.41) is 80.4. The highest BCUT2D eigenvalue weighted by Gasteiger charge is 2.41. The fourth-order valence-corrected chi connectivity index (χ4v) is 17.1. The second-order valence-electron chi connectivity index (χ2n) is 33.4. The van der Waals surface area contributed by atoms with Crippen molar-refractivity contribution in [1.82, 2.24) is 94.7 Å². The molecule has 131 heavy (non-hydrogen) atoms. The number of aromatic amines is 2. The fraction of sp³-hybridized carbons (Fsp3) is 0.529. The number of nitrogens with two attached hydrogens (primary N) is 2. The van der Waals surface area contributed by atoms with Crippen LogP contribution in [0.1, 0.15) is 154 Å². The summed E-state index contributed by atoms with van der Waals surface area (Å²) in [7, 11) is 1.43. The number of hydrogen-bond acceptors (Lipinski definition) is 24. The lowest BCUT2D eigenvalue weighted by atomic mass is 9.84. The highest BCUT2D eigenvalue weighted by molar-refractivity contribution is 8.76. The quantitative estimate of drug-likeness (QED) is 0.0163. The highest BCUT2D eigenvalue weighted by atomic mass is 33.1. The van der Waals surface area contributed by atoms with Gasteiger partial charge in [-0.05, 0) is 112 Å². The van der Waals surface area contributed by atoms with Crippen molar-refractivity contribution in [2.75, 3.05) is 24.6 Å². The molecule has 1 aliphatic heterocycles. The number of rotatable bonds is 33. The number of imidazole rings is 1. The van der Waals surface area contributed by atoms with Gasteiger partial charge in [0.1, 0.15) is 90.3 Å². The van der Waals surface area contributed by atoms with E-state index in [1.165, 1.54) is 43.7 Å². The third-order valence-corrected chi connectivity index (χ3v) is 24.2. The molecular weight excluding hydrogens is 1740 g/mol. The summed E-state index contributed by atoms with van der Waals surface area (Å²) < 4.78 is 0. The number of primary amides is 1. The van der Waals surface area contributed by atoms with Gasteiger partial charge in [0.15, 0.2) is 0 Å². The molecular formula is C87H122N20O22S2. The van der Waals surface area contributed by atoms with Crippen molar-refractivity contribution in [3.63, 3.8) is 0 Å². The van der Waals surface area contributed by atoms with Gasteiger partial charge >= 0.3 is 11.9 Å². The standard InChI is InChI=1S/C87H122N20O22S2/c1-45(2)32-61-83(125)106-72(46(3)4)86(128)103-64(36-53-39-91-57-23-15-14-22-56(53)57)80(122)105-68(85(127)107-73(48(6)108)87(129)102-63(34-51-20-12-9-13-21-51)78(120)98-60(74(89)116)33-50-18-10-8-11-19-50)43-131-130-42-67(104-82(124)66(38-71(114)115)95-49(7)109)84(126)94-47(5)75(117)99-62(35-52-25-27-55(110)28-26-52)79(121)101-65(37-54-40-90-44-93-54)81(123)97-58(24-16-17-31-88)76(118)92-41-69(111)96-59(77(119)100-61)29-30-70(112)113/h9,12-15,20-23,25-28,39-40,44-48,50,58-68,72-73,91,108,110H,8,10-11,16-19,24,29-38,41-43,88H2,1-7H3,(H2,89,116)(H,90,93)(H,92,118)(H,94,126)(H,95,109)(H,96,111)(H,97,123)(H,98,120)(H,99,117)(H,100,119)(H,101,121)(H,102,129)(H,103,128)(H,104,124)(H,105,122)(H,106,125)(H,107,127)(H,112,113)(H,114,115)/t47-,48+,58-,59-,60?,61-,62-,63-,64-,65-,66-,67-,68-,72-,73-/m0/s1. The molecule has 2 aliphatic rings. The molecule has 42 nitrogen and oxygen atoms in total. The van der Waals surface area contributed by atoms with Crippen molar-refractivity contribution in [3.05, 3.63) is 120 Å². The van der Waals surface area contributed by atoms with Crippen molar-refractivity contribution >= 4 is 139 Å². The highest BCUT2D eigenvalue weighted by Crippen LogP contribution is 2.29. The smallest absolute Gasteiger partial charge is 0.305 e. The van der Waals surface area contributed by atoms with E-state index >= 15 is 14.4 Å². The minimum Gasteiger partial charge on any atom is -0.508 e. The fourth-order valence-electron chi connectivity index (χ4n) is 14.7. The minimum absolute atomic E-state index is 0.0441. The summed E-state index contributed by atoms with van der Waals surface area (Å²) in [6, 6.07) is -2.65. The van der Waals surface area contributed by atoms with E-state index in [1.807, 2.05) is 0 Å². The van der Waals surface area contributed by atoms with Crippen LogP contribution in [0.5, 0.6) is 5.75 Å². The average Bonchev–Trinajstić information content (AvgIpc) is 1.78. The number of aliphatic hydroxyl groups is 1. The lowest BCUT2D eigenvalue weighted by Gasteiger charge is -2.30. The number of carbonyl (C=O) groups is 18. The number of aromatic nitrogens is 3. The Balaban J connectivity index is 1.34. The Hall–Kier alpha value is -12.7. The molecule has 714 valence electrons. The van der Waals surface area contributed by atoms with Crippen LogP contribution in [0.25, 0.3) is 10.9 Å². The van der Waals surface area contributed by atoms with Gasteiger partial charge < -0.3 is 122 Å². The maximum Gasteiger partial charge on any atom is 0.305 e. The van der Waals surface area contributed by atoms with E-state index in [4.69, 9.17) is 11.5 Å². The van der Waals surface area contributed by atoms with Crippen molar-refractivity contribution in [2.24, 2.45) is 29.2 Å². The van der Waals surface area contributed by atoms with Gasteiger partial charge in [0.2, 0.25) is 94.5 Å². The van der Waals surface area contributed by atoms with Gasteiger partial charge in [-0.2, -0.15) is 0 Å². The number of H-pyrrole nitrogens is 2. The second-order valence-corrected chi connectivity index (χ2v) is 35.9. The third kappa shape index (κ3) is 35.3. The van der Waals surface area contributed by atoms with E-state index in [-0.39, 0.29) is 75.3 Å². The molecule has 3 heterocycles. The maximum absolute atomic E-state index is 15.7. The van der Waals surface area contributed by atoms with Crippen LogP contribution < -0.4 is 91.2 Å². The van der Waals surface area contributed by atoms with Crippen molar-refractivity contribution in [2.45, 2.75) is 248 Å². The Kier molecular flexibility index (Phi) is 42.5. The van der Waals surface area contributed by atoms with Crippen LogP contribution in [0.15, 0.2) is 97.6 Å². The number of aliphatic hydroxyl groups excluding tert-OH is 1. The van der Waals surface area contributed by atoms with E-state index in [0.717, 1.165) is 56.7 Å². The molecule has 0 spiro atoms. The molecule has 1 saturated carbocycles. The number of hydrogen-bond donors (Lipinski definition) is 23. The predicted molar refractivity (Wildman–Crippen MR) is 481 cm³/mol. The van der Waals surface area contributed by atoms with Crippen LogP contribution in [0.3, 0.4) is 0 Å². The Morgan fingerprint density at radius 3 is 1.79 bits per heavy atom. The minimum atomic E-state index is -1.98. The summed E-state index contributed by atoms with van der Waals surface area (Å²) >= 11 is 0. The van der Waals surface area contributed by atoms with Crippen LogP contribution >= 0.6 is 21.6 Å². The number of amides is 16. The number of nitrogens with one attached hydrogen (secondary N) is 17. The van der Waals surface area contributed by atoms with Gasteiger partial charge in [-0.1, -0.05) is 142 Å². The number of unbranched alkanes of at least 4 members (excludes halogenated alkanes) is 1. The van der Waals surface area contributed by atoms with Gasteiger partial charge in [-0.3, -0.25) is 86.3 Å². The Morgan fingerprint density at radius 2 is 1.16 bits per heavy atom. The number of para-hydroxylation sites is 1. The van der Waals surface area contributed by atoms with Crippen LogP contribution in [0, 0.1) is 17.8 Å². The molecule has 5 aromatic rings. The molecule has 0 bridgehead atoms. The number of aromatic hydroxyl groups is 1. The average molecular weight is 1860 g/mol. The van der Waals surface area contributed by atoms with E-state index in [9.17, 15) is 92.3 Å². The number of carboxylic acid groups (broad SMARTS) is 2. The maximum atomic E-state index is 15.7. The number of aliphatic carboxylic acids is 2. The first kappa shape index (κ1) is 105. The molecule has 25 N–H and O–H groups in total. The Bertz CT molecular complexity index is 4750. The monoisotopic (exact) mass is 1860 g/mol. The molecule has 44 heteroatoms. The molecule has 2 aromatic heterocycles. The van der Waals surface area contributed by atoms with Gasteiger partial charge in [-0.25, -0.2) is 4.98 Å².